The third-order valence-corrected chi connectivity index (χ3v) is 7.04. The zero-order valence-electron chi connectivity index (χ0n) is 21.5. The number of hydrogen-bond donors (Lipinski definition) is 2. The number of nitrogens with one attached hydrogen (secondary N) is 1. The van der Waals surface area contributed by atoms with Crippen LogP contribution in [0.1, 0.15) is 54.9 Å². The summed E-state index contributed by atoms with van der Waals surface area (Å²) in [7, 11) is 0. The fourth-order valence-electron chi connectivity index (χ4n) is 4.75. The second kappa shape index (κ2) is 10.5. The van der Waals surface area contributed by atoms with E-state index in [0.717, 1.165) is 31.4 Å². The molecule has 5 rings (SSSR count). The van der Waals surface area contributed by atoms with Gasteiger partial charge < -0.3 is 19.7 Å². The zero-order valence-corrected chi connectivity index (χ0v) is 21.5. The number of nitrogens with zero attached hydrogens (tertiary/aromatic N) is 4. The Morgan fingerprint density at radius 3 is 2.51 bits per heavy atom. The van der Waals surface area contributed by atoms with Crippen LogP contribution in [0.15, 0.2) is 48.5 Å². The SMILES string of the molecule is CCOc1cccc(-c2nc3nc(C(=O)O)nc(N[C@H](C)C4CCC4)c3n2Cc2ccc(C(F)(F)F)cc2)c1. The van der Waals surface area contributed by atoms with E-state index in [1.165, 1.54) is 12.1 Å². The van der Waals surface area contributed by atoms with Gasteiger partial charge in [-0.1, -0.05) is 30.7 Å². The van der Waals surface area contributed by atoms with Gasteiger partial charge in [-0.25, -0.2) is 19.7 Å². The Morgan fingerprint density at radius 2 is 1.90 bits per heavy atom. The van der Waals surface area contributed by atoms with E-state index in [2.05, 4.69) is 15.3 Å². The quantitative estimate of drug-likeness (QED) is 0.259. The highest BCUT2D eigenvalue weighted by molar-refractivity contribution is 5.92. The first kappa shape index (κ1) is 26.5. The maximum absolute atomic E-state index is 13.2. The number of rotatable bonds is 9. The summed E-state index contributed by atoms with van der Waals surface area (Å²) in [5, 5.41) is 13.1. The zero-order chi connectivity index (χ0) is 27.7. The molecule has 0 spiro atoms. The van der Waals surface area contributed by atoms with Crippen LogP contribution in [0.4, 0.5) is 19.0 Å². The van der Waals surface area contributed by atoms with E-state index >= 15 is 0 Å². The van der Waals surface area contributed by atoms with Crippen molar-refractivity contribution in [1.29, 1.82) is 0 Å². The Kier molecular flexibility index (Phi) is 7.16. The van der Waals surface area contributed by atoms with Gasteiger partial charge in [0.2, 0.25) is 5.82 Å². The molecule has 0 radical (unpaired) electrons. The van der Waals surface area contributed by atoms with Crippen LogP contribution in [-0.2, 0) is 12.7 Å². The van der Waals surface area contributed by atoms with Gasteiger partial charge in [0.1, 0.15) is 17.1 Å². The Hall–Kier alpha value is -4.15. The molecule has 8 nitrogen and oxygen atoms in total. The standard InChI is InChI=1S/C28H28F3N5O3/c1-3-39-21-9-5-8-19(14-21)26-35-24-22(36(26)15-17-10-12-20(13-11-17)28(29,30)31)23(33-25(34-24)27(37)38)32-16(2)18-6-4-7-18/h5,8-14,16,18H,3-4,6-7,15H2,1-2H3,(H,37,38)(H,32,33,34)/t16-/m1/s1. The van der Waals surface area contributed by atoms with Gasteiger partial charge in [-0.05, 0) is 62.4 Å². The molecule has 1 aliphatic rings. The Morgan fingerprint density at radius 1 is 1.15 bits per heavy atom. The number of halogens is 3. The van der Waals surface area contributed by atoms with Gasteiger partial charge in [0.25, 0.3) is 0 Å². The van der Waals surface area contributed by atoms with E-state index in [-0.39, 0.29) is 24.1 Å². The highest BCUT2D eigenvalue weighted by Crippen LogP contribution is 2.35. The summed E-state index contributed by atoms with van der Waals surface area (Å²) in [4.78, 5) is 25.1. The fourth-order valence-corrected chi connectivity index (χ4v) is 4.75. The molecule has 1 atom stereocenters. The number of alkyl halides is 3. The van der Waals surface area contributed by atoms with Crippen molar-refractivity contribution in [1.82, 2.24) is 19.5 Å². The Balaban J connectivity index is 1.68. The van der Waals surface area contributed by atoms with Crippen LogP contribution in [0, 0.1) is 5.92 Å². The molecule has 39 heavy (non-hydrogen) atoms. The van der Waals surface area contributed by atoms with E-state index < -0.39 is 17.7 Å². The monoisotopic (exact) mass is 539 g/mol. The second-order valence-electron chi connectivity index (χ2n) is 9.67. The van der Waals surface area contributed by atoms with E-state index in [1.54, 1.807) is 0 Å². The molecule has 0 aliphatic heterocycles. The van der Waals surface area contributed by atoms with Crippen LogP contribution in [0.25, 0.3) is 22.6 Å². The Labute approximate surface area is 222 Å². The molecular formula is C28H28F3N5O3. The summed E-state index contributed by atoms with van der Waals surface area (Å²) < 4.78 is 47.0. The van der Waals surface area contributed by atoms with Gasteiger partial charge in [0.15, 0.2) is 11.5 Å². The van der Waals surface area contributed by atoms with E-state index in [9.17, 15) is 23.1 Å². The number of carboxylic acid groups (broad SMARTS) is 1. The van der Waals surface area contributed by atoms with E-state index in [1.807, 2.05) is 42.7 Å². The van der Waals surface area contributed by atoms with Crippen LogP contribution in [0.3, 0.4) is 0 Å². The predicted octanol–water partition coefficient (Wildman–Crippen LogP) is 6.26. The number of imidazole rings is 1. The average molecular weight is 540 g/mol. The molecule has 0 bridgehead atoms. The molecule has 204 valence electrons. The highest BCUT2D eigenvalue weighted by Gasteiger charge is 2.30. The topological polar surface area (TPSA) is 102 Å². The molecule has 0 saturated heterocycles. The maximum Gasteiger partial charge on any atom is 0.416 e. The molecule has 1 fully saturated rings. The van der Waals surface area contributed by atoms with Crippen LogP contribution < -0.4 is 10.1 Å². The third kappa shape index (κ3) is 5.52. The third-order valence-electron chi connectivity index (χ3n) is 7.04. The molecular weight excluding hydrogens is 511 g/mol. The molecule has 11 heteroatoms. The molecule has 1 aliphatic carbocycles. The molecule has 1 saturated carbocycles. The summed E-state index contributed by atoms with van der Waals surface area (Å²) in [6, 6.07) is 12.2. The number of hydrogen-bond acceptors (Lipinski definition) is 6. The largest absolute Gasteiger partial charge is 0.494 e. The maximum atomic E-state index is 13.2. The molecule has 2 N–H and O–H groups in total. The van der Waals surface area contributed by atoms with Crippen molar-refractivity contribution in [3.05, 3.63) is 65.5 Å². The molecule has 4 aromatic rings. The van der Waals surface area contributed by atoms with Crippen LogP contribution >= 0.6 is 0 Å². The smallest absolute Gasteiger partial charge is 0.416 e. The minimum atomic E-state index is -4.44. The van der Waals surface area contributed by atoms with Crippen molar-refractivity contribution >= 4 is 23.0 Å². The number of anilines is 1. The summed E-state index contributed by atoms with van der Waals surface area (Å²) >= 11 is 0. The predicted molar refractivity (Wildman–Crippen MR) is 140 cm³/mol. The van der Waals surface area contributed by atoms with Crippen molar-refractivity contribution in [2.24, 2.45) is 5.92 Å². The van der Waals surface area contributed by atoms with Gasteiger partial charge in [0, 0.05) is 18.2 Å². The van der Waals surface area contributed by atoms with Crippen molar-refractivity contribution < 1.29 is 27.8 Å². The van der Waals surface area contributed by atoms with Gasteiger partial charge in [-0.15, -0.1) is 0 Å². The van der Waals surface area contributed by atoms with Gasteiger partial charge >= 0.3 is 12.1 Å². The first-order valence-corrected chi connectivity index (χ1v) is 12.8. The van der Waals surface area contributed by atoms with Crippen LogP contribution in [0.2, 0.25) is 0 Å². The molecule has 0 amide bonds. The summed E-state index contributed by atoms with van der Waals surface area (Å²) in [5.74, 6) is 0.161. The first-order chi connectivity index (χ1) is 18.6. The highest BCUT2D eigenvalue weighted by atomic mass is 19.4. The normalized spacial score (nSPS) is 14.7. The minimum absolute atomic E-state index is 0.0256. The van der Waals surface area contributed by atoms with E-state index in [4.69, 9.17) is 9.72 Å². The van der Waals surface area contributed by atoms with Gasteiger partial charge in [0.05, 0.1) is 12.2 Å². The van der Waals surface area contributed by atoms with Crippen molar-refractivity contribution in [2.75, 3.05) is 11.9 Å². The summed E-state index contributed by atoms with van der Waals surface area (Å²) in [6.07, 6.45) is -1.17. The van der Waals surface area contributed by atoms with Crippen LogP contribution in [0.5, 0.6) is 5.75 Å². The summed E-state index contributed by atoms with van der Waals surface area (Å²) in [5.41, 5.74) is 1.19. The minimum Gasteiger partial charge on any atom is -0.494 e. The van der Waals surface area contributed by atoms with Crippen LogP contribution in [-0.4, -0.2) is 43.2 Å². The number of carbonyl (C=O) groups is 1. The van der Waals surface area contributed by atoms with Crippen molar-refractivity contribution in [3.63, 3.8) is 0 Å². The molecule has 2 heterocycles. The fraction of sp³-hybridized carbons (Fsp3) is 0.357. The van der Waals surface area contributed by atoms with Gasteiger partial charge in [-0.3, -0.25) is 0 Å². The lowest BCUT2D eigenvalue weighted by Gasteiger charge is -2.32. The number of aromatic nitrogens is 4. The van der Waals surface area contributed by atoms with Gasteiger partial charge in [-0.2, -0.15) is 13.2 Å². The number of ether oxygens (including phenoxy) is 1. The summed E-state index contributed by atoms with van der Waals surface area (Å²) in [6.45, 7) is 4.52. The lowest BCUT2D eigenvalue weighted by Crippen LogP contribution is -2.31. The Bertz CT molecular complexity index is 1500. The number of fused-ring (bicyclic) bond motifs is 1. The molecule has 2 aromatic carbocycles. The lowest BCUT2D eigenvalue weighted by atomic mass is 9.80. The second-order valence-corrected chi connectivity index (χ2v) is 9.67. The first-order valence-electron chi connectivity index (χ1n) is 12.8. The number of benzene rings is 2. The average Bonchev–Trinajstić information content (AvgIpc) is 3.21. The van der Waals surface area contributed by atoms with Crippen molar-refractivity contribution in [3.8, 4) is 17.1 Å². The van der Waals surface area contributed by atoms with E-state index in [0.29, 0.717) is 46.6 Å². The number of aromatic carboxylic acids is 1. The molecule has 0 unspecified atom stereocenters. The lowest BCUT2D eigenvalue weighted by molar-refractivity contribution is -0.137. The number of carboxylic acids is 1. The molecule has 2 aromatic heterocycles. The van der Waals surface area contributed by atoms with Crippen molar-refractivity contribution in [2.45, 2.75) is 51.9 Å².